The highest BCUT2D eigenvalue weighted by molar-refractivity contribution is 6.09. The molecule has 1 amide bonds. The summed E-state index contributed by atoms with van der Waals surface area (Å²) in [5, 5.41) is 3.43. The molecule has 118 valence electrons. The third-order valence-corrected chi connectivity index (χ3v) is 3.95. The highest BCUT2D eigenvalue weighted by Crippen LogP contribution is 2.21. The van der Waals surface area contributed by atoms with Gasteiger partial charge < -0.3 is 10.2 Å². The van der Waals surface area contributed by atoms with Gasteiger partial charge in [-0.25, -0.2) is 0 Å². The first-order valence-corrected chi connectivity index (χ1v) is 7.84. The van der Waals surface area contributed by atoms with Gasteiger partial charge in [0.15, 0.2) is 0 Å². The van der Waals surface area contributed by atoms with E-state index in [1.54, 1.807) is 6.92 Å². The van der Waals surface area contributed by atoms with Crippen LogP contribution < -0.4 is 5.32 Å². The Morgan fingerprint density at radius 1 is 1.36 bits per heavy atom. The maximum Gasteiger partial charge on any atom is 0.219 e. The number of aliphatic imine (C=N–C) groups is 1. The normalized spacial score (nSPS) is 16.0. The molecule has 0 aliphatic carbocycles. The van der Waals surface area contributed by atoms with Gasteiger partial charge in [-0.2, -0.15) is 0 Å². The molecule has 0 bridgehead atoms. The number of nitrogens with zero attached hydrogens (tertiary/aromatic N) is 2. The molecule has 1 N–H and O–H groups in total. The van der Waals surface area contributed by atoms with Crippen LogP contribution in [0.1, 0.15) is 32.8 Å². The Morgan fingerprint density at radius 2 is 2.14 bits per heavy atom. The van der Waals surface area contributed by atoms with Crippen molar-refractivity contribution in [3.05, 3.63) is 41.0 Å². The third kappa shape index (κ3) is 3.97. The van der Waals surface area contributed by atoms with Crippen LogP contribution in [0, 0.1) is 6.92 Å². The number of aryl methyl sites for hydroxylation is 1. The molecule has 0 unspecified atom stereocenters. The maximum absolute atomic E-state index is 11.7. The van der Waals surface area contributed by atoms with Gasteiger partial charge in [0.25, 0.3) is 0 Å². The molecular weight excluding hydrogens is 274 g/mol. The SMILES string of the molecule is CCN=C(Nc1cccc(C)c1)C1=C(C)CCN(C(C)=O)C1. The minimum Gasteiger partial charge on any atom is -0.340 e. The maximum atomic E-state index is 11.7. The second-order valence-corrected chi connectivity index (χ2v) is 5.77. The topological polar surface area (TPSA) is 44.7 Å². The number of hydrogen-bond acceptors (Lipinski definition) is 2. The highest BCUT2D eigenvalue weighted by Gasteiger charge is 2.22. The van der Waals surface area contributed by atoms with Crippen LogP contribution in [0.5, 0.6) is 0 Å². The largest absolute Gasteiger partial charge is 0.340 e. The molecule has 1 aromatic carbocycles. The lowest BCUT2D eigenvalue weighted by Crippen LogP contribution is -2.38. The van der Waals surface area contributed by atoms with Crippen molar-refractivity contribution in [1.29, 1.82) is 0 Å². The molecule has 0 aromatic heterocycles. The molecule has 0 spiro atoms. The van der Waals surface area contributed by atoms with E-state index in [0.29, 0.717) is 13.1 Å². The van der Waals surface area contributed by atoms with Crippen LogP contribution in [-0.2, 0) is 4.79 Å². The number of nitrogens with one attached hydrogen (secondary N) is 1. The van der Waals surface area contributed by atoms with Crippen molar-refractivity contribution < 1.29 is 4.79 Å². The average Bonchev–Trinajstić information content (AvgIpc) is 2.47. The van der Waals surface area contributed by atoms with E-state index < -0.39 is 0 Å². The number of benzene rings is 1. The molecule has 4 nitrogen and oxygen atoms in total. The zero-order chi connectivity index (χ0) is 16.1. The minimum atomic E-state index is 0.122. The Balaban J connectivity index is 2.27. The highest BCUT2D eigenvalue weighted by atomic mass is 16.2. The van der Waals surface area contributed by atoms with Crippen LogP contribution in [0.3, 0.4) is 0 Å². The summed E-state index contributed by atoms with van der Waals surface area (Å²) in [7, 11) is 0. The second kappa shape index (κ2) is 7.25. The summed E-state index contributed by atoms with van der Waals surface area (Å²) in [6.07, 6.45) is 0.910. The monoisotopic (exact) mass is 299 g/mol. The molecule has 1 heterocycles. The minimum absolute atomic E-state index is 0.122. The van der Waals surface area contributed by atoms with Crippen LogP contribution in [-0.4, -0.2) is 36.3 Å². The molecule has 0 fully saturated rings. The molecule has 0 saturated heterocycles. The fraction of sp³-hybridized carbons (Fsp3) is 0.444. The van der Waals surface area contributed by atoms with Crippen LogP contribution in [0.15, 0.2) is 40.4 Å². The molecule has 1 aliphatic heterocycles. The fourth-order valence-corrected chi connectivity index (χ4v) is 2.63. The van der Waals surface area contributed by atoms with Gasteiger partial charge in [0.1, 0.15) is 5.84 Å². The Bertz CT molecular complexity index is 617. The van der Waals surface area contributed by atoms with E-state index in [9.17, 15) is 4.79 Å². The summed E-state index contributed by atoms with van der Waals surface area (Å²) in [5.74, 6) is 1.01. The van der Waals surface area contributed by atoms with Gasteiger partial charge >= 0.3 is 0 Å². The van der Waals surface area contributed by atoms with E-state index in [1.165, 1.54) is 11.1 Å². The first-order valence-electron chi connectivity index (χ1n) is 7.84. The van der Waals surface area contributed by atoms with Crippen LogP contribution in [0.25, 0.3) is 0 Å². The summed E-state index contributed by atoms with van der Waals surface area (Å²) in [5.41, 5.74) is 4.70. The van der Waals surface area contributed by atoms with E-state index in [1.807, 2.05) is 24.0 Å². The quantitative estimate of drug-likeness (QED) is 0.687. The van der Waals surface area contributed by atoms with E-state index in [-0.39, 0.29) is 5.91 Å². The Labute approximate surface area is 132 Å². The van der Waals surface area contributed by atoms with Crippen LogP contribution in [0.4, 0.5) is 5.69 Å². The Kier molecular flexibility index (Phi) is 5.36. The Hall–Kier alpha value is -2.10. The van der Waals surface area contributed by atoms with Gasteiger partial charge in [-0.1, -0.05) is 17.7 Å². The number of carbonyl (C=O) groups is 1. The summed E-state index contributed by atoms with van der Waals surface area (Å²) in [6.45, 7) is 10.0. The fourth-order valence-electron chi connectivity index (χ4n) is 2.63. The van der Waals surface area contributed by atoms with Crippen molar-refractivity contribution in [3.63, 3.8) is 0 Å². The van der Waals surface area contributed by atoms with E-state index in [4.69, 9.17) is 0 Å². The standard InChI is InChI=1S/C18H25N3O/c1-5-19-18(20-16-8-6-7-13(2)11-16)17-12-21(15(4)22)10-9-14(17)3/h6-8,11H,5,9-10,12H2,1-4H3,(H,19,20). The van der Waals surface area contributed by atoms with E-state index in [0.717, 1.165) is 30.1 Å². The molecule has 4 heteroatoms. The summed E-state index contributed by atoms with van der Waals surface area (Å²) < 4.78 is 0. The second-order valence-electron chi connectivity index (χ2n) is 5.77. The number of hydrogen-bond donors (Lipinski definition) is 1. The van der Waals surface area contributed by atoms with Gasteiger partial charge in [0.05, 0.1) is 0 Å². The average molecular weight is 299 g/mol. The van der Waals surface area contributed by atoms with Crippen molar-refractivity contribution in [2.75, 3.05) is 25.0 Å². The molecule has 2 rings (SSSR count). The van der Waals surface area contributed by atoms with E-state index in [2.05, 4.69) is 36.3 Å². The van der Waals surface area contributed by atoms with Crippen molar-refractivity contribution in [2.45, 2.75) is 34.1 Å². The lowest BCUT2D eigenvalue weighted by Gasteiger charge is -2.30. The van der Waals surface area contributed by atoms with Gasteiger partial charge in [0.2, 0.25) is 5.91 Å². The lowest BCUT2D eigenvalue weighted by atomic mass is 10.00. The summed E-state index contributed by atoms with van der Waals surface area (Å²) >= 11 is 0. The summed E-state index contributed by atoms with van der Waals surface area (Å²) in [4.78, 5) is 18.2. The zero-order valence-corrected chi connectivity index (χ0v) is 13.9. The first-order chi connectivity index (χ1) is 10.5. The van der Waals surface area contributed by atoms with Gasteiger partial charge in [0, 0.05) is 37.8 Å². The van der Waals surface area contributed by atoms with Gasteiger partial charge in [-0.3, -0.25) is 9.79 Å². The molecule has 1 aliphatic rings. The molecule has 0 atom stereocenters. The first kappa shape index (κ1) is 16.3. The molecule has 0 radical (unpaired) electrons. The van der Waals surface area contributed by atoms with Crippen LogP contribution >= 0.6 is 0 Å². The van der Waals surface area contributed by atoms with Gasteiger partial charge in [-0.05, 0) is 44.9 Å². The number of carbonyl (C=O) groups excluding carboxylic acids is 1. The van der Waals surface area contributed by atoms with Crippen molar-refractivity contribution in [3.8, 4) is 0 Å². The van der Waals surface area contributed by atoms with Crippen molar-refractivity contribution >= 4 is 17.4 Å². The molecule has 22 heavy (non-hydrogen) atoms. The van der Waals surface area contributed by atoms with E-state index >= 15 is 0 Å². The third-order valence-electron chi connectivity index (χ3n) is 3.95. The predicted octanol–water partition coefficient (Wildman–Crippen LogP) is 3.39. The molecule has 0 saturated carbocycles. The molecular formula is C18H25N3O. The number of rotatable bonds is 3. The number of amides is 1. The number of amidine groups is 1. The molecule has 1 aromatic rings. The number of anilines is 1. The Morgan fingerprint density at radius 3 is 2.77 bits per heavy atom. The van der Waals surface area contributed by atoms with Crippen molar-refractivity contribution in [2.24, 2.45) is 4.99 Å². The predicted molar refractivity (Wildman–Crippen MR) is 92.3 cm³/mol. The smallest absolute Gasteiger partial charge is 0.219 e. The van der Waals surface area contributed by atoms with Crippen molar-refractivity contribution in [1.82, 2.24) is 4.90 Å². The van der Waals surface area contributed by atoms with Crippen LogP contribution in [0.2, 0.25) is 0 Å². The lowest BCUT2D eigenvalue weighted by molar-refractivity contribution is -0.128. The zero-order valence-electron chi connectivity index (χ0n) is 13.9. The van der Waals surface area contributed by atoms with Gasteiger partial charge in [-0.15, -0.1) is 0 Å². The summed E-state index contributed by atoms with van der Waals surface area (Å²) in [6, 6.07) is 8.25.